The lowest BCUT2D eigenvalue weighted by Crippen LogP contribution is -2.49. The maximum Gasteiger partial charge on any atom is 0.310 e. The van der Waals surface area contributed by atoms with Crippen LogP contribution in [0.15, 0.2) is 39.8 Å². The van der Waals surface area contributed by atoms with Gasteiger partial charge in [0.25, 0.3) is 0 Å². The summed E-state index contributed by atoms with van der Waals surface area (Å²) in [6, 6.07) is 6.41. The topological polar surface area (TPSA) is 101 Å². The monoisotopic (exact) mass is 378 g/mol. The summed E-state index contributed by atoms with van der Waals surface area (Å²) in [5, 5.41) is 9.57. The number of carboxylic acid groups (broad SMARTS) is 1. The van der Waals surface area contributed by atoms with E-state index in [9.17, 15) is 18.3 Å². The van der Waals surface area contributed by atoms with Crippen LogP contribution in [0.2, 0.25) is 0 Å². The van der Waals surface area contributed by atoms with E-state index in [2.05, 4.69) is 4.98 Å². The van der Waals surface area contributed by atoms with Gasteiger partial charge in [0.1, 0.15) is 12.0 Å². The van der Waals surface area contributed by atoms with Gasteiger partial charge in [0, 0.05) is 25.6 Å². The Kier molecular flexibility index (Phi) is 4.90. The van der Waals surface area contributed by atoms with Crippen LogP contribution in [0, 0.1) is 12.3 Å². The largest absolute Gasteiger partial charge is 0.481 e. The second kappa shape index (κ2) is 6.85. The summed E-state index contributed by atoms with van der Waals surface area (Å²) in [6.45, 7) is 3.87. The van der Waals surface area contributed by atoms with Crippen LogP contribution >= 0.6 is 0 Å². The van der Waals surface area contributed by atoms with Gasteiger partial charge in [0.15, 0.2) is 5.89 Å². The van der Waals surface area contributed by atoms with Crippen molar-refractivity contribution >= 4 is 16.0 Å². The Morgan fingerprint density at radius 3 is 2.58 bits per heavy atom. The second-order valence-corrected chi connectivity index (χ2v) is 8.60. The first kappa shape index (κ1) is 18.6. The summed E-state index contributed by atoms with van der Waals surface area (Å²) in [5.74, 6) is -0.397. The van der Waals surface area contributed by atoms with Crippen LogP contribution in [0.5, 0.6) is 0 Å². The van der Waals surface area contributed by atoms with Crippen LogP contribution in [0.3, 0.4) is 0 Å². The molecule has 1 N–H and O–H groups in total. The fourth-order valence-electron chi connectivity index (χ4n) is 3.35. The van der Waals surface area contributed by atoms with Crippen LogP contribution in [0.4, 0.5) is 0 Å². The van der Waals surface area contributed by atoms with Crippen molar-refractivity contribution in [3.05, 3.63) is 36.4 Å². The van der Waals surface area contributed by atoms with Crippen LogP contribution < -0.4 is 0 Å². The van der Waals surface area contributed by atoms with E-state index in [-0.39, 0.29) is 11.4 Å². The summed E-state index contributed by atoms with van der Waals surface area (Å²) in [7, 11) is -3.74. The lowest BCUT2D eigenvalue weighted by atomic mass is 9.78. The molecular weight excluding hydrogens is 356 g/mol. The third-order valence-corrected chi connectivity index (χ3v) is 6.94. The average Bonchev–Trinajstić information content (AvgIpc) is 3.08. The molecule has 3 rings (SSSR count). The number of piperidine rings is 1. The van der Waals surface area contributed by atoms with Crippen molar-refractivity contribution in [1.82, 2.24) is 9.29 Å². The number of hydrogen-bond donors (Lipinski definition) is 1. The first-order chi connectivity index (χ1) is 12.3. The SMILES string of the molecule is CCC1(C(=O)O)CCCN(S(=O)(=O)c2ccc(-c3coc(C)n3)cc2)C1. The summed E-state index contributed by atoms with van der Waals surface area (Å²) >= 11 is 0. The fourth-order valence-corrected chi connectivity index (χ4v) is 4.92. The number of benzene rings is 1. The van der Waals surface area contributed by atoms with Gasteiger partial charge in [-0.2, -0.15) is 4.31 Å². The van der Waals surface area contributed by atoms with Gasteiger partial charge < -0.3 is 9.52 Å². The molecule has 8 heteroatoms. The molecule has 1 aromatic heterocycles. The molecule has 7 nitrogen and oxygen atoms in total. The van der Waals surface area contributed by atoms with E-state index in [4.69, 9.17) is 4.42 Å². The Labute approximate surface area is 152 Å². The van der Waals surface area contributed by atoms with Crippen molar-refractivity contribution in [1.29, 1.82) is 0 Å². The van der Waals surface area contributed by atoms with Gasteiger partial charge in [-0.1, -0.05) is 19.1 Å². The molecule has 1 aromatic carbocycles. The summed E-state index contributed by atoms with van der Waals surface area (Å²) in [5.41, 5.74) is 0.386. The number of aryl methyl sites for hydroxylation is 1. The number of hydrogen-bond acceptors (Lipinski definition) is 5. The zero-order chi connectivity index (χ0) is 18.9. The molecule has 2 heterocycles. The van der Waals surface area contributed by atoms with E-state index in [0.29, 0.717) is 37.4 Å². The van der Waals surface area contributed by atoms with Gasteiger partial charge in [0.05, 0.1) is 10.3 Å². The number of aromatic nitrogens is 1. The first-order valence-electron chi connectivity index (χ1n) is 8.55. The Balaban J connectivity index is 1.87. The van der Waals surface area contributed by atoms with Gasteiger partial charge in [0.2, 0.25) is 10.0 Å². The molecule has 2 aromatic rings. The summed E-state index contributed by atoms with van der Waals surface area (Å²) in [6.07, 6.45) is 2.95. The van der Waals surface area contributed by atoms with Crippen molar-refractivity contribution in [3.8, 4) is 11.3 Å². The number of carbonyl (C=O) groups is 1. The molecule has 1 fully saturated rings. The zero-order valence-electron chi connectivity index (χ0n) is 14.8. The number of aliphatic carboxylic acids is 1. The molecule has 0 amide bonds. The molecule has 0 radical (unpaired) electrons. The Hall–Kier alpha value is -2.19. The Morgan fingerprint density at radius 2 is 2.04 bits per heavy atom. The smallest absolute Gasteiger partial charge is 0.310 e. The predicted molar refractivity (Wildman–Crippen MR) is 95.0 cm³/mol. The van der Waals surface area contributed by atoms with Gasteiger partial charge in [-0.3, -0.25) is 4.79 Å². The van der Waals surface area contributed by atoms with Gasteiger partial charge in [-0.15, -0.1) is 0 Å². The Morgan fingerprint density at radius 1 is 1.35 bits per heavy atom. The highest BCUT2D eigenvalue weighted by Gasteiger charge is 2.44. The third-order valence-electron chi connectivity index (χ3n) is 5.08. The molecule has 0 spiro atoms. The van der Waals surface area contributed by atoms with E-state index in [1.807, 2.05) is 0 Å². The standard InChI is InChI=1S/C18H22N2O5S/c1-3-18(17(21)22)9-4-10-20(12-18)26(23,24)15-7-5-14(6-8-15)16-11-25-13(2)19-16/h5-8,11H,3-4,9-10,12H2,1-2H3,(H,21,22). The van der Waals surface area contributed by atoms with Crippen molar-refractivity contribution in [2.75, 3.05) is 13.1 Å². The number of rotatable bonds is 5. The fraction of sp³-hybridized carbons (Fsp3) is 0.444. The van der Waals surface area contributed by atoms with E-state index < -0.39 is 21.4 Å². The second-order valence-electron chi connectivity index (χ2n) is 6.66. The normalized spacial score (nSPS) is 21.6. The highest BCUT2D eigenvalue weighted by molar-refractivity contribution is 7.89. The minimum Gasteiger partial charge on any atom is -0.481 e. The predicted octanol–water partition coefficient (Wildman–Crippen LogP) is 2.92. The van der Waals surface area contributed by atoms with E-state index in [0.717, 1.165) is 5.56 Å². The van der Waals surface area contributed by atoms with Crippen LogP contribution in [-0.2, 0) is 14.8 Å². The molecule has 26 heavy (non-hydrogen) atoms. The van der Waals surface area contributed by atoms with E-state index in [1.165, 1.54) is 22.7 Å². The zero-order valence-corrected chi connectivity index (χ0v) is 15.6. The number of sulfonamides is 1. The summed E-state index contributed by atoms with van der Waals surface area (Å²) < 4.78 is 32.4. The maximum atomic E-state index is 13.0. The van der Waals surface area contributed by atoms with Crippen LogP contribution in [0.1, 0.15) is 32.1 Å². The van der Waals surface area contributed by atoms with Gasteiger partial charge in [-0.05, 0) is 31.4 Å². The molecule has 1 aliphatic heterocycles. The molecule has 1 unspecified atom stereocenters. The molecule has 1 saturated heterocycles. The third kappa shape index (κ3) is 3.26. The molecule has 140 valence electrons. The lowest BCUT2D eigenvalue weighted by molar-refractivity contribution is -0.151. The van der Waals surface area contributed by atoms with E-state index >= 15 is 0 Å². The van der Waals surface area contributed by atoms with Crippen LogP contribution in [0.25, 0.3) is 11.3 Å². The molecule has 0 saturated carbocycles. The molecular formula is C18H22N2O5S. The number of nitrogens with zero attached hydrogens (tertiary/aromatic N) is 2. The molecule has 0 aliphatic carbocycles. The van der Waals surface area contributed by atoms with Crippen molar-refractivity contribution in [2.24, 2.45) is 5.41 Å². The number of carboxylic acids is 1. The average molecular weight is 378 g/mol. The minimum atomic E-state index is -3.74. The molecule has 0 bridgehead atoms. The van der Waals surface area contributed by atoms with Crippen molar-refractivity contribution < 1.29 is 22.7 Å². The van der Waals surface area contributed by atoms with Gasteiger partial charge in [-0.25, -0.2) is 13.4 Å². The van der Waals surface area contributed by atoms with Crippen molar-refractivity contribution in [3.63, 3.8) is 0 Å². The number of oxazole rings is 1. The van der Waals surface area contributed by atoms with Crippen molar-refractivity contribution in [2.45, 2.75) is 38.0 Å². The minimum absolute atomic E-state index is 0.00536. The van der Waals surface area contributed by atoms with E-state index in [1.54, 1.807) is 26.0 Å². The highest BCUT2D eigenvalue weighted by Crippen LogP contribution is 2.36. The lowest BCUT2D eigenvalue weighted by Gasteiger charge is -2.38. The molecule has 1 atom stereocenters. The Bertz CT molecular complexity index is 904. The highest BCUT2D eigenvalue weighted by atomic mass is 32.2. The maximum absolute atomic E-state index is 13.0. The van der Waals surface area contributed by atoms with Gasteiger partial charge >= 0.3 is 5.97 Å². The quantitative estimate of drug-likeness (QED) is 0.858. The summed E-state index contributed by atoms with van der Waals surface area (Å²) in [4.78, 5) is 16.1. The first-order valence-corrected chi connectivity index (χ1v) is 9.99. The molecule has 1 aliphatic rings. The van der Waals surface area contributed by atoms with Crippen LogP contribution in [-0.4, -0.2) is 41.9 Å².